The molecule has 3 aromatic rings. The summed E-state index contributed by atoms with van der Waals surface area (Å²) in [5.74, 6) is 0.467. The number of hydrogen-bond donors (Lipinski definition) is 1. The first-order chi connectivity index (χ1) is 13.9. The number of nitrogens with one attached hydrogen (secondary N) is 1. The molecule has 6 heteroatoms. The molecular formula is C23H25N3O3. The summed E-state index contributed by atoms with van der Waals surface area (Å²) in [4.78, 5) is 24.4. The van der Waals surface area contributed by atoms with Gasteiger partial charge in [0.25, 0.3) is 5.56 Å². The zero-order valence-electron chi connectivity index (χ0n) is 16.9. The lowest BCUT2D eigenvalue weighted by atomic mass is 10.0. The normalized spacial score (nSPS) is 10.6. The number of carbonyl (C=O) groups excluding carboxylic acids is 1. The minimum atomic E-state index is -0.315. The predicted molar refractivity (Wildman–Crippen MR) is 113 cm³/mol. The average Bonchev–Trinajstić information content (AvgIpc) is 2.70. The molecule has 0 atom stereocenters. The van der Waals surface area contributed by atoms with E-state index in [1.54, 1.807) is 6.07 Å². The van der Waals surface area contributed by atoms with E-state index in [2.05, 4.69) is 10.4 Å². The molecule has 0 saturated carbocycles. The Bertz CT molecular complexity index is 1060. The number of rotatable bonds is 7. The van der Waals surface area contributed by atoms with Gasteiger partial charge in [-0.05, 0) is 50.6 Å². The number of aromatic nitrogens is 2. The van der Waals surface area contributed by atoms with Crippen molar-refractivity contribution in [2.24, 2.45) is 0 Å². The van der Waals surface area contributed by atoms with Gasteiger partial charge in [0.1, 0.15) is 18.9 Å². The highest BCUT2D eigenvalue weighted by molar-refractivity contribution is 5.75. The van der Waals surface area contributed by atoms with Gasteiger partial charge in [0.05, 0.1) is 12.2 Å². The zero-order chi connectivity index (χ0) is 20.8. The molecular weight excluding hydrogens is 366 g/mol. The quantitative estimate of drug-likeness (QED) is 0.629. The standard InChI is InChI=1S/C23H25N3O3/c1-16-5-8-19(9-6-16)29-13-12-24-22(27)15-26-23(28)11-10-21(25-26)20-14-17(2)4-7-18(20)3/h4-11,14H,12-13,15H2,1-3H3,(H,24,27). The maximum absolute atomic E-state index is 12.2. The molecule has 0 saturated heterocycles. The third-order valence-corrected chi connectivity index (χ3v) is 4.54. The number of ether oxygens (including phenoxy) is 1. The van der Waals surface area contributed by atoms with Gasteiger partial charge in [0.15, 0.2) is 0 Å². The maximum Gasteiger partial charge on any atom is 0.267 e. The first-order valence-corrected chi connectivity index (χ1v) is 9.54. The molecule has 29 heavy (non-hydrogen) atoms. The van der Waals surface area contributed by atoms with E-state index in [4.69, 9.17) is 4.74 Å². The highest BCUT2D eigenvalue weighted by Gasteiger charge is 2.09. The second-order valence-electron chi connectivity index (χ2n) is 7.04. The summed E-state index contributed by atoms with van der Waals surface area (Å²) in [6, 6.07) is 16.9. The van der Waals surface area contributed by atoms with Gasteiger partial charge in [-0.3, -0.25) is 9.59 Å². The lowest BCUT2D eigenvalue weighted by molar-refractivity contribution is -0.122. The van der Waals surface area contributed by atoms with E-state index in [9.17, 15) is 9.59 Å². The number of benzene rings is 2. The fraction of sp³-hybridized carbons (Fsp3) is 0.261. The molecule has 1 amide bonds. The highest BCUT2D eigenvalue weighted by Crippen LogP contribution is 2.21. The van der Waals surface area contributed by atoms with Crippen LogP contribution in [0.5, 0.6) is 5.75 Å². The molecule has 0 aliphatic rings. The molecule has 1 aromatic heterocycles. The molecule has 3 rings (SSSR count). The van der Waals surface area contributed by atoms with Crippen molar-refractivity contribution in [3.8, 4) is 17.0 Å². The minimum absolute atomic E-state index is 0.137. The number of nitrogens with zero attached hydrogens (tertiary/aromatic N) is 2. The summed E-state index contributed by atoms with van der Waals surface area (Å²) >= 11 is 0. The monoisotopic (exact) mass is 391 g/mol. The molecule has 2 aromatic carbocycles. The number of hydrogen-bond acceptors (Lipinski definition) is 4. The van der Waals surface area contributed by atoms with E-state index in [-0.39, 0.29) is 18.0 Å². The van der Waals surface area contributed by atoms with Crippen LogP contribution < -0.4 is 15.6 Å². The van der Waals surface area contributed by atoms with Crippen LogP contribution in [-0.2, 0) is 11.3 Å². The molecule has 0 unspecified atom stereocenters. The van der Waals surface area contributed by atoms with Crippen LogP contribution in [0.4, 0.5) is 0 Å². The Morgan fingerprint density at radius 2 is 1.72 bits per heavy atom. The van der Waals surface area contributed by atoms with Crippen LogP contribution in [0.15, 0.2) is 59.4 Å². The van der Waals surface area contributed by atoms with Crippen LogP contribution in [0.3, 0.4) is 0 Å². The predicted octanol–water partition coefficient (Wildman–Crippen LogP) is 3.03. The fourth-order valence-corrected chi connectivity index (χ4v) is 2.90. The Balaban J connectivity index is 1.59. The van der Waals surface area contributed by atoms with Crippen molar-refractivity contribution in [2.75, 3.05) is 13.2 Å². The Labute approximate surface area is 170 Å². The fourth-order valence-electron chi connectivity index (χ4n) is 2.90. The smallest absolute Gasteiger partial charge is 0.267 e. The third-order valence-electron chi connectivity index (χ3n) is 4.54. The lowest BCUT2D eigenvalue weighted by Gasteiger charge is -2.11. The summed E-state index contributed by atoms with van der Waals surface area (Å²) < 4.78 is 6.78. The van der Waals surface area contributed by atoms with Gasteiger partial charge in [-0.25, -0.2) is 4.68 Å². The molecule has 1 N–H and O–H groups in total. The van der Waals surface area contributed by atoms with Crippen LogP contribution in [0.2, 0.25) is 0 Å². The minimum Gasteiger partial charge on any atom is -0.492 e. The lowest BCUT2D eigenvalue weighted by Crippen LogP contribution is -2.35. The van der Waals surface area contributed by atoms with Gasteiger partial charge in [-0.1, -0.05) is 35.4 Å². The van der Waals surface area contributed by atoms with Gasteiger partial charge < -0.3 is 10.1 Å². The van der Waals surface area contributed by atoms with E-state index >= 15 is 0 Å². The second kappa shape index (κ2) is 9.19. The van der Waals surface area contributed by atoms with Gasteiger partial charge in [0, 0.05) is 11.6 Å². The summed E-state index contributed by atoms with van der Waals surface area (Å²) in [7, 11) is 0. The molecule has 0 fully saturated rings. The van der Waals surface area contributed by atoms with Crippen LogP contribution in [0, 0.1) is 20.8 Å². The van der Waals surface area contributed by atoms with Crippen molar-refractivity contribution in [1.82, 2.24) is 15.1 Å². The van der Waals surface area contributed by atoms with E-state index in [0.717, 1.165) is 28.0 Å². The molecule has 1 heterocycles. The number of amides is 1. The maximum atomic E-state index is 12.2. The molecule has 0 spiro atoms. The second-order valence-corrected chi connectivity index (χ2v) is 7.04. The molecule has 0 bridgehead atoms. The third kappa shape index (κ3) is 5.54. The summed E-state index contributed by atoms with van der Waals surface area (Å²) in [5.41, 5.74) is 4.63. The Morgan fingerprint density at radius 1 is 1.00 bits per heavy atom. The van der Waals surface area contributed by atoms with Gasteiger partial charge in [0.2, 0.25) is 5.91 Å². The largest absolute Gasteiger partial charge is 0.492 e. The van der Waals surface area contributed by atoms with Crippen molar-refractivity contribution in [1.29, 1.82) is 0 Å². The van der Waals surface area contributed by atoms with Gasteiger partial charge >= 0.3 is 0 Å². The highest BCUT2D eigenvalue weighted by atomic mass is 16.5. The van der Waals surface area contributed by atoms with E-state index < -0.39 is 0 Å². The number of aryl methyl sites for hydroxylation is 3. The van der Waals surface area contributed by atoms with Crippen LogP contribution in [-0.4, -0.2) is 28.8 Å². The first kappa shape index (κ1) is 20.3. The Morgan fingerprint density at radius 3 is 2.48 bits per heavy atom. The zero-order valence-corrected chi connectivity index (χ0v) is 16.9. The van der Waals surface area contributed by atoms with E-state index in [1.165, 1.54) is 10.7 Å². The van der Waals surface area contributed by atoms with Gasteiger partial charge in [-0.15, -0.1) is 0 Å². The first-order valence-electron chi connectivity index (χ1n) is 9.54. The Kier molecular flexibility index (Phi) is 6.44. The Hall–Kier alpha value is -3.41. The molecule has 6 nitrogen and oxygen atoms in total. The van der Waals surface area contributed by atoms with E-state index in [1.807, 2.05) is 63.2 Å². The topological polar surface area (TPSA) is 73.2 Å². The van der Waals surface area contributed by atoms with Crippen LogP contribution in [0.25, 0.3) is 11.3 Å². The van der Waals surface area contributed by atoms with Crippen molar-refractivity contribution < 1.29 is 9.53 Å². The molecule has 0 radical (unpaired) electrons. The molecule has 0 aliphatic heterocycles. The average molecular weight is 391 g/mol. The van der Waals surface area contributed by atoms with Crippen molar-refractivity contribution in [2.45, 2.75) is 27.3 Å². The van der Waals surface area contributed by atoms with Crippen LogP contribution >= 0.6 is 0 Å². The van der Waals surface area contributed by atoms with Crippen molar-refractivity contribution >= 4 is 5.91 Å². The van der Waals surface area contributed by atoms with E-state index in [0.29, 0.717) is 18.8 Å². The SMILES string of the molecule is Cc1ccc(OCCNC(=O)Cn2nc(-c3cc(C)ccc3C)ccc2=O)cc1. The van der Waals surface area contributed by atoms with Crippen LogP contribution in [0.1, 0.15) is 16.7 Å². The summed E-state index contributed by atoms with van der Waals surface area (Å²) in [5, 5.41) is 7.14. The summed E-state index contributed by atoms with van der Waals surface area (Å²) in [6.45, 7) is 6.56. The van der Waals surface area contributed by atoms with Gasteiger partial charge in [-0.2, -0.15) is 5.10 Å². The summed E-state index contributed by atoms with van der Waals surface area (Å²) in [6.07, 6.45) is 0. The van der Waals surface area contributed by atoms with Crippen molar-refractivity contribution in [3.63, 3.8) is 0 Å². The molecule has 0 aliphatic carbocycles. The number of carbonyl (C=O) groups is 1. The molecule has 150 valence electrons. The van der Waals surface area contributed by atoms with Crippen molar-refractivity contribution in [3.05, 3.63) is 81.6 Å².